The van der Waals surface area contributed by atoms with Gasteiger partial charge in [0.1, 0.15) is 28.9 Å². The van der Waals surface area contributed by atoms with E-state index in [1.165, 1.54) is 23.5 Å². The first-order valence-electron chi connectivity index (χ1n) is 8.77. The summed E-state index contributed by atoms with van der Waals surface area (Å²) in [7, 11) is 1.61. The number of carbonyl (C=O) groups excluding carboxylic acids is 1. The highest BCUT2D eigenvalue weighted by Crippen LogP contribution is 2.24. The van der Waals surface area contributed by atoms with Crippen LogP contribution in [0.25, 0.3) is 10.6 Å². The zero-order valence-corrected chi connectivity index (χ0v) is 16.2. The van der Waals surface area contributed by atoms with Crippen molar-refractivity contribution in [2.24, 2.45) is 0 Å². The fourth-order valence-electron chi connectivity index (χ4n) is 2.40. The Hall–Kier alpha value is -2.93. The van der Waals surface area contributed by atoms with Crippen LogP contribution in [0.2, 0.25) is 0 Å². The fourth-order valence-corrected chi connectivity index (χ4v) is 3.21. The molecule has 0 fully saturated rings. The number of hydrogen-bond acceptors (Lipinski definition) is 6. The molecule has 3 aromatic rings. The molecule has 0 radical (unpaired) electrons. The number of benzene rings is 2. The lowest BCUT2D eigenvalue weighted by Gasteiger charge is -2.07. The molecule has 0 saturated carbocycles. The second-order valence-corrected chi connectivity index (χ2v) is 6.80. The van der Waals surface area contributed by atoms with Gasteiger partial charge < -0.3 is 14.2 Å². The second-order valence-electron chi connectivity index (χ2n) is 5.94. The number of nitrogens with zero attached hydrogens (tertiary/aromatic N) is 1. The van der Waals surface area contributed by atoms with Gasteiger partial charge >= 0.3 is 5.97 Å². The Morgan fingerprint density at radius 1 is 1.07 bits per heavy atom. The summed E-state index contributed by atoms with van der Waals surface area (Å²) in [6.07, 6.45) is 0.827. The molecule has 0 amide bonds. The molecule has 0 aliphatic heterocycles. The lowest BCUT2D eigenvalue weighted by Crippen LogP contribution is -2.07. The van der Waals surface area contributed by atoms with Gasteiger partial charge in [-0.2, -0.15) is 0 Å². The Morgan fingerprint density at radius 2 is 1.79 bits per heavy atom. The smallest absolute Gasteiger partial charge is 0.306 e. The van der Waals surface area contributed by atoms with E-state index in [0.717, 1.165) is 22.1 Å². The van der Waals surface area contributed by atoms with Crippen LogP contribution in [-0.4, -0.2) is 24.7 Å². The van der Waals surface area contributed by atoms with Crippen LogP contribution in [0.3, 0.4) is 0 Å². The summed E-state index contributed by atoms with van der Waals surface area (Å²) < 4.78 is 28.9. The molecule has 3 rings (SSSR count). The Bertz CT molecular complexity index is 894. The van der Waals surface area contributed by atoms with Gasteiger partial charge in [-0.25, -0.2) is 9.37 Å². The molecule has 0 aliphatic carbocycles. The summed E-state index contributed by atoms with van der Waals surface area (Å²) in [5, 5.41) is 2.60. The Balaban J connectivity index is 1.36. The van der Waals surface area contributed by atoms with E-state index in [1.54, 1.807) is 19.2 Å². The third-order valence-corrected chi connectivity index (χ3v) is 4.82. The number of ether oxygens (including phenoxy) is 3. The molecule has 1 aromatic heterocycles. The lowest BCUT2D eigenvalue weighted by molar-refractivity contribution is -0.145. The first kappa shape index (κ1) is 19.8. The molecular weight excluding hydrogens is 381 g/mol. The van der Waals surface area contributed by atoms with E-state index in [1.807, 2.05) is 29.6 Å². The van der Waals surface area contributed by atoms with Crippen molar-refractivity contribution >= 4 is 17.3 Å². The molecule has 0 aliphatic rings. The van der Waals surface area contributed by atoms with Crippen molar-refractivity contribution in [1.29, 1.82) is 0 Å². The van der Waals surface area contributed by atoms with Gasteiger partial charge in [0.25, 0.3) is 0 Å². The predicted molar refractivity (Wildman–Crippen MR) is 105 cm³/mol. The van der Waals surface area contributed by atoms with Gasteiger partial charge in [0, 0.05) is 17.4 Å². The second kappa shape index (κ2) is 9.85. The zero-order chi connectivity index (χ0) is 19.8. The van der Waals surface area contributed by atoms with E-state index >= 15 is 0 Å². The van der Waals surface area contributed by atoms with Crippen LogP contribution in [0.15, 0.2) is 53.9 Å². The van der Waals surface area contributed by atoms with Crippen molar-refractivity contribution in [3.8, 4) is 22.1 Å². The van der Waals surface area contributed by atoms with E-state index in [-0.39, 0.29) is 24.8 Å². The van der Waals surface area contributed by atoms with Crippen LogP contribution in [0, 0.1) is 5.82 Å². The maximum atomic E-state index is 13.0. The zero-order valence-electron chi connectivity index (χ0n) is 15.4. The van der Waals surface area contributed by atoms with Crippen molar-refractivity contribution in [3.05, 3.63) is 65.4 Å². The minimum Gasteiger partial charge on any atom is -0.497 e. The highest BCUT2D eigenvalue weighted by atomic mass is 32.1. The summed E-state index contributed by atoms with van der Waals surface area (Å²) in [4.78, 5) is 16.3. The molecule has 0 atom stereocenters. The number of halogens is 1. The van der Waals surface area contributed by atoms with Gasteiger partial charge in [-0.05, 0) is 55.0 Å². The number of hydrogen-bond donors (Lipinski definition) is 0. The van der Waals surface area contributed by atoms with Crippen LogP contribution < -0.4 is 9.47 Å². The maximum absolute atomic E-state index is 13.0. The van der Waals surface area contributed by atoms with E-state index in [2.05, 4.69) is 4.98 Å². The Morgan fingerprint density at radius 3 is 2.50 bits per heavy atom. The number of carbonyl (C=O) groups is 1. The average molecular weight is 401 g/mol. The van der Waals surface area contributed by atoms with Crippen LogP contribution in [0.5, 0.6) is 11.5 Å². The van der Waals surface area contributed by atoms with Gasteiger partial charge in [0.2, 0.25) is 0 Å². The summed E-state index contributed by atoms with van der Waals surface area (Å²) in [6.45, 7) is 0.544. The summed E-state index contributed by atoms with van der Waals surface area (Å²) in [5.41, 5.74) is 1.51. The molecule has 0 spiro atoms. The van der Waals surface area contributed by atoms with Crippen molar-refractivity contribution in [1.82, 2.24) is 4.98 Å². The maximum Gasteiger partial charge on any atom is 0.306 e. The highest BCUT2D eigenvalue weighted by molar-refractivity contribution is 7.13. The molecule has 0 N–H and O–H groups in total. The summed E-state index contributed by atoms with van der Waals surface area (Å²) >= 11 is 1.43. The number of thiazole rings is 1. The molecule has 146 valence electrons. The van der Waals surface area contributed by atoms with Gasteiger partial charge in [0.05, 0.1) is 19.4 Å². The van der Waals surface area contributed by atoms with Crippen LogP contribution >= 0.6 is 11.3 Å². The number of methoxy groups -OCH3 is 1. The third-order valence-electron chi connectivity index (χ3n) is 3.88. The van der Waals surface area contributed by atoms with Crippen molar-refractivity contribution in [2.45, 2.75) is 19.4 Å². The largest absolute Gasteiger partial charge is 0.497 e. The van der Waals surface area contributed by atoms with Crippen LogP contribution in [0.1, 0.15) is 18.5 Å². The first-order valence-corrected chi connectivity index (χ1v) is 9.65. The van der Waals surface area contributed by atoms with Crippen molar-refractivity contribution < 1.29 is 23.4 Å². The molecule has 5 nitrogen and oxygen atoms in total. The van der Waals surface area contributed by atoms with Gasteiger partial charge in [0.15, 0.2) is 0 Å². The molecular formula is C21H20FNO4S. The molecule has 28 heavy (non-hydrogen) atoms. The minimum atomic E-state index is -0.297. The molecule has 1 heterocycles. The minimum absolute atomic E-state index is 0.121. The summed E-state index contributed by atoms with van der Waals surface area (Å²) in [5.74, 6) is 0.908. The quantitative estimate of drug-likeness (QED) is 0.379. The Labute approximate surface area is 166 Å². The summed E-state index contributed by atoms with van der Waals surface area (Å²) in [6, 6.07) is 13.4. The van der Waals surface area contributed by atoms with Crippen molar-refractivity contribution in [2.75, 3.05) is 13.7 Å². The van der Waals surface area contributed by atoms with E-state index in [0.29, 0.717) is 18.7 Å². The van der Waals surface area contributed by atoms with Crippen molar-refractivity contribution in [3.63, 3.8) is 0 Å². The lowest BCUT2D eigenvalue weighted by atomic mass is 10.2. The molecule has 0 saturated heterocycles. The van der Waals surface area contributed by atoms with E-state index < -0.39 is 0 Å². The van der Waals surface area contributed by atoms with E-state index in [4.69, 9.17) is 14.2 Å². The molecule has 7 heteroatoms. The standard InChI is InChI=1S/C21H20FNO4S/c1-25-18-8-10-19(11-9-18)26-12-2-3-20(24)27-13-17-14-28-21(23-17)15-4-6-16(22)7-5-15/h4-11,14H,2-3,12-13H2,1H3. The number of esters is 1. The third kappa shape index (κ3) is 5.79. The predicted octanol–water partition coefficient (Wildman–Crippen LogP) is 4.86. The van der Waals surface area contributed by atoms with E-state index in [9.17, 15) is 9.18 Å². The monoisotopic (exact) mass is 401 g/mol. The molecule has 0 bridgehead atoms. The SMILES string of the molecule is COc1ccc(OCCCC(=O)OCc2csc(-c3ccc(F)cc3)n2)cc1. The normalized spacial score (nSPS) is 10.5. The van der Waals surface area contributed by atoms with Gasteiger partial charge in [-0.15, -0.1) is 11.3 Å². The highest BCUT2D eigenvalue weighted by Gasteiger charge is 2.08. The number of aromatic nitrogens is 1. The van der Waals surface area contributed by atoms with Crippen LogP contribution in [-0.2, 0) is 16.1 Å². The average Bonchev–Trinajstić information content (AvgIpc) is 3.20. The Kier molecular flexibility index (Phi) is 6.97. The van der Waals surface area contributed by atoms with Gasteiger partial charge in [-0.3, -0.25) is 4.79 Å². The molecule has 2 aromatic carbocycles. The fraction of sp³-hybridized carbons (Fsp3) is 0.238. The number of rotatable bonds is 9. The van der Waals surface area contributed by atoms with Crippen LogP contribution in [0.4, 0.5) is 4.39 Å². The molecule has 0 unspecified atom stereocenters. The topological polar surface area (TPSA) is 57.7 Å². The first-order chi connectivity index (χ1) is 13.6. The van der Waals surface area contributed by atoms with Gasteiger partial charge in [-0.1, -0.05) is 0 Å².